The number of aryl methyl sites for hydroxylation is 1. The highest BCUT2D eigenvalue weighted by Gasteiger charge is 2.24. The molecule has 0 spiro atoms. The van der Waals surface area contributed by atoms with Crippen molar-refractivity contribution >= 4 is 38.9 Å². The van der Waals surface area contributed by atoms with Gasteiger partial charge in [-0.15, -0.1) is 11.3 Å². The second kappa shape index (κ2) is 9.96. The van der Waals surface area contributed by atoms with E-state index in [1.54, 1.807) is 0 Å². The van der Waals surface area contributed by atoms with E-state index in [-0.39, 0.29) is 0 Å². The molecule has 7 rings (SSSR count). The van der Waals surface area contributed by atoms with Crippen molar-refractivity contribution in [3.05, 3.63) is 149 Å². The Kier molecular flexibility index (Phi) is 6.03. The minimum atomic E-state index is 0.339. The smallest absolute Gasteiger partial charge is 0.0464 e. The molecule has 1 heterocycles. The SMILES string of the molecule is C1=CC(c2cccc3c4c(sc23)CCC=C4)CC(N(c2ccccc2)c2cccc(-c3ccccc3)c2)=C1. The van der Waals surface area contributed by atoms with E-state index in [1.165, 1.54) is 54.3 Å². The van der Waals surface area contributed by atoms with Crippen molar-refractivity contribution in [1.29, 1.82) is 0 Å². The highest BCUT2D eigenvalue weighted by Crippen LogP contribution is 2.44. The van der Waals surface area contributed by atoms with Gasteiger partial charge < -0.3 is 4.90 Å². The van der Waals surface area contributed by atoms with Crippen molar-refractivity contribution in [2.24, 2.45) is 0 Å². The molecule has 0 amide bonds. The summed E-state index contributed by atoms with van der Waals surface area (Å²) in [6.45, 7) is 0. The molecular formula is C36H29NS. The Balaban J connectivity index is 1.29. The first-order valence-corrected chi connectivity index (χ1v) is 14.3. The van der Waals surface area contributed by atoms with Crippen molar-refractivity contribution in [3.63, 3.8) is 0 Å². The third kappa shape index (κ3) is 4.21. The van der Waals surface area contributed by atoms with Crippen molar-refractivity contribution < 1.29 is 0 Å². The lowest BCUT2D eigenvalue weighted by molar-refractivity contribution is 0.801. The topological polar surface area (TPSA) is 3.24 Å². The Labute approximate surface area is 228 Å². The molecule has 0 N–H and O–H groups in total. The quantitative estimate of drug-likeness (QED) is 0.229. The predicted octanol–water partition coefficient (Wildman–Crippen LogP) is 10.3. The lowest BCUT2D eigenvalue weighted by Gasteiger charge is -2.31. The summed E-state index contributed by atoms with van der Waals surface area (Å²) in [6, 6.07) is 37.2. The van der Waals surface area contributed by atoms with Gasteiger partial charge in [-0.3, -0.25) is 0 Å². The second-order valence-electron chi connectivity index (χ2n) is 10.0. The van der Waals surface area contributed by atoms with Crippen LogP contribution in [0.4, 0.5) is 11.4 Å². The molecule has 0 radical (unpaired) electrons. The van der Waals surface area contributed by atoms with E-state index in [9.17, 15) is 0 Å². The van der Waals surface area contributed by atoms with Gasteiger partial charge in [0.2, 0.25) is 0 Å². The minimum absolute atomic E-state index is 0.339. The third-order valence-electron chi connectivity index (χ3n) is 7.66. The summed E-state index contributed by atoms with van der Waals surface area (Å²) in [5.41, 5.74) is 9.04. The third-order valence-corrected chi connectivity index (χ3v) is 8.99. The molecule has 0 bridgehead atoms. The second-order valence-corrected chi connectivity index (χ2v) is 11.1. The molecule has 1 atom stereocenters. The van der Waals surface area contributed by atoms with Crippen molar-refractivity contribution in [2.75, 3.05) is 4.90 Å². The molecule has 0 fully saturated rings. The van der Waals surface area contributed by atoms with E-state index >= 15 is 0 Å². The summed E-state index contributed by atoms with van der Waals surface area (Å²) in [4.78, 5) is 3.97. The molecule has 0 saturated carbocycles. The number of benzene rings is 4. The van der Waals surface area contributed by atoms with Crippen LogP contribution in [0, 0.1) is 0 Å². The standard InChI is InChI=1S/C36H29NS/c1-3-12-26(13-4-1)27-14-9-18-30(24-27)37(29-16-5-2-6-17-29)31-19-10-15-28(25-31)32-21-11-22-34-33-20-7-8-23-35(33)38-36(32)34/h1-7,9-22,24,28H,8,23,25H2. The van der Waals surface area contributed by atoms with Crippen molar-refractivity contribution in [3.8, 4) is 11.1 Å². The van der Waals surface area contributed by atoms with Crippen LogP contribution in [-0.4, -0.2) is 0 Å². The van der Waals surface area contributed by atoms with Gasteiger partial charge in [-0.25, -0.2) is 0 Å². The number of hydrogen-bond acceptors (Lipinski definition) is 2. The molecule has 2 aliphatic carbocycles. The molecule has 0 aliphatic heterocycles. The predicted molar refractivity (Wildman–Crippen MR) is 164 cm³/mol. The van der Waals surface area contributed by atoms with Crippen molar-refractivity contribution in [1.82, 2.24) is 0 Å². The fourth-order valence-corrected chi connectivity index (χ4v) is 7.22. The van der Waals surface area contributed by atoms with E-state index in [0.717, 1.165) is 19.3 Å². The van der Waals surface area contributed by atoms with E-state index in [4.69, 9.17) is 0 Å². The molecule has 4 aromatic carbocycles. The fraction of sp³-hybridized carbons (Fsp3) is 0.111. The molecular weight excluding hydrogens is 478 g/mol. The highest BCUT2D eigenvalue weighted by atomic mass is 32.1. The molecule has 1 aromatic heterocycles. The van der Waals surface area contributed by atoms with E-state index in [1.807, 2.05) is 11.3 Å². The summed E-state index contributed by atoms with van der Waals surface area (Å²) in [6.07, 6.45) is 14.9. The van der Waals surface area contributed by atoms with Crippen LogP contribution in [-0.2, 0) is 6.42 Å². The van der Waals surface area contributed by atoms with Crippen LogP contribution < -0.4 is 4.90 Å². The number of anilines is 2. The van der Waals surface area contributed by atoms with Crippen LogP contribution in [0.15, 0.2) is 133 Å². The molecule has 2 aliphatic rings. The monoisotopic (exact) mass is 507 g/mol. The van der Waals surface area contributed by atoms with Crippen LogP contribution in [0.2, 0.25) is 0 Å². The average Bonchev–Trinajstić information content (AvgIpc) is 3.38. The van der Waals surface area contributed by atoms with Gasteiger partial charge in [-0.1, -0.05) is 103 Å². The highest BCUT2D eigenvalue weighted by molar-refractivity contribution is 7.19. The van der Waals surface area contributed by atoms with Gasteiger partial charge in [0.05, 0.1) is 0 Å². The number of nitrogens with zero attached hydrogens (tertiary/aromatic N) is 1. The van der Waals surface area contributed by atoms with Crippen LogP contribution in [0.3, 0.4) is 0 Å². The molecule has 1 unspecified atom stereocenters. The van der Waals surface area contributed by atoms with E-state index in [2.05, 4.69) is 138 Å². The number of rotatable bonds is 5. The summed E-state index contributed by atoms with van der Waals surface area (Å²) in [5.74, 6) is 0.339. The minimum Gasteiger partial charge on any atom is -0.314 e. The first kappa shape index (κ1) is 23.0. The summed E-state index contributed by atoms with van der Waals surface area (Å²) in [5, 5.41) is 1.42. The van der Waals surface area contributed by atoms with Gasteiger partial charge in [-0.2, -0.15) is 0 Å². The molecule has 38 heavy (non-hydrogen) atoms. The Morgan fingerprint density at radius 1 is 0.737 bits per heavy atom. The summed E-state index contributed by atoms with van der Waals surface area (Å²) >= 11 is 2.00. The van der Waals surface area contributed by atoms with Gasteiger partial charge >= 0.3 is 0 Å². The Bertz CT molecular complexity index is 1690. The maximum Gasteiger partial charge on any atom is 0.0464 e. The van der Waals surface area contributed by atoms with Crippen molar-refractivity contribution in [2.45, 2.75) is 25.2 Å². The zero-order valence-corrected chi connectivity index (χ0v) is 22.1. The van der Waals surface area contributed by atoms with Crippen LogP contribution in [0.1, 0.15) is 34.8 Å². The first-order chi connectivity index (χ1) is 18.8. The lowest BCUT2D eigenvalue weighted by atomic mass is 9.88. The number of hydrogen-bond donors (Lipinski definition) is 0. The Hall–Kier alpha value is -4.14. The fourth-order valence-electron chi connectivity index (χ4n) is 5.84. The normalized spacial score (nSPS) is 16.3. The van der Waals surface area contributed by atoms with Gasteiger partial charge in [0.25, 0.3) is 0 Å². The number of fused-ring (bicyclic) bond motifs is 3. The number of allylic oxidation sites excluding steroid dienone is 5. The Morgan fingerprint density at radius 2 is 1.50 bits per heavy atom. The first-order valence-electron chi connectivity index (χ1n) is 13.4. The summed E-state index contributed by atoms with van der Waals surface area (Å²) < 4.78 is 1.46. The molecule has 5 aromatic rings. The lowest BCUT2D eigenvalue weighted by Crippen LogP contribution is -2.19. The zero-order chi connectivity index (χ0) is 25.3. The Morgan fingerprint density at radius 3 is 2.37 bits per heavy atom. The van der Waals surface area contributed by atoms with Gasteiger partial charge in [0.1, 0.15) is 0 Å². The van der Waals surface area contributed by atoms with E-state index in [0.29, 0.717) is 5.92 Å². The zero-order valence-electron chi connectivity index (χ0n) is 21.3. The molecule has 184 valence electrons. The van der Waals surface area contributed by atoms with Crippen LogP contribution in [0.5, 0.6) is 0 Å². The van der Waals surface area contributed by atoms with Crippen LogP contribution >= 0.6 is 11.3 Å². The van der Waals surface area contributed by atoms with Gasteiger partial charge in [-0.05, 0) is 71.9 Å². The number of para-hydroxylation sites is 1. The maximum absolute atomic E-state index is 2.44. The van der Waals surface area contributed by atoms with E-state index < -0.39 is 0 Å². The van der Waals surface area contributed by atoms with Crippen LogP contribution in [0.25, 0.3) is 27.3 Å². The molecule has 1 nitrogen and oxygen atoms in total. The van der Waals surface area contributed by atoms with Gasteiger partial charge in [0.15, 0.2) is 0 Å². The average molecular weight is 508 g/mol. The summed E-state index contributed by atoms with van der Waals surface area (Å²) in [7, 11) is 0. The maximum atomic E-state index is 2.44. The molecule has 0 saturated heterocycles. The number of thiophene rings is 1. The molecule has 2 heteroatoms. The largest absolute Gasteiger partial charge is 0.314 e. The van der Waals surface area contributed by atoms with Gasteiger partial charge in [0, 0.05) is 38.0 Å².